The minimum atomic E-state index is -0.168. The molecule has 1 amide bonds. The molecule has 168 valence electrons. The normalized spacial score (nSPS) is 25.3. The number of primary amides is 1. The first-order valence-corrected chi connectivity index (χ1v) is 11.1. The number of halogens is 1. The maximum atomic E-state index is 11.5. The number of likely N-dealkylation sites (tertiary alicyclic amines) is 1. The molecular formula is C23H38IN5O. The third-order valence-electron chi connectivity index (χ3n) is 6.27. The number of nitrogens with two attached hydrogens (primary N) is 1. The molecule has 0 spiro atoms. The maximum Gasteiger partial charge on any atom is 0.221 e. The van der Waals surface area contributed by atoms with Crippen LogP contribution in [0.15, 0.2) is 29.3 Å². The molecular weight excluding hydrogens is 489 g/mol. The molecule has 4 N–H and O–H groups in total. The molecule has 30 heavy (non-hydrogen) atoms. The minimum absolute atomic E-state index is 0. The lowest BCUT2D eigenvalue weighted by Gasteiger charge is -2.31. The van der Waals surface area contributed by atoms with E-state index in [0.717, 1.165) is 50.9 Å². The van der Waals surface area contributed by atoms with Crippen LogP contribution in [-0.2, 0) is 17.9 Å². The van der Waals surface area contributed by atoms with E-state index in [-0.39, 0.29) is 35.8 Å². The molecule has 1 aromatic rings. The summed E-state index contributed by atoms with van der Waals surface area (Å²) < 4.78 is 0. The number of carbonyl (C=O) groups is 1. The van der Waals surface area contributed by atoms with Crippen molar-refractivity contribution < 1.29 is 4.79 Å². The summed E-state index contributed by atoms with van der Waals surface area (Å²) in [4.78, 5) is 18.3. The van der Waals surface area contributed by atoms with Crippen LogP contribution in [0.25, 0.3) is 0 Å². The van der Waals surface area contributed by atoms with Gasteiger partial charge < -0.3 is 16.4 Å². The SMILES string of the molecule is CN=C(NCc1cccc(CN2CCCC(C(N)=O)C2)c1)NC1CCCC(C)C1.I. The van der Waals surface area contributed by atoms with Gasteiger partial charge in [-0.05, 0) is 49.3 Å². The number of nitrogens with one attached hydrogen (secondary N) is 2. The number of hydrogen-bond donors (Lipinski definition) is 3. The Morgan fingerprint density at radius 2 is 2.03 bits per heavy atom. The van der Waals surface area contributed by atoms with Gasteiger partial charge in [-0.2, -0.15) is 0 Å². The molecule has 7 heteroatoms. The van der Waals surface area contributed by atoms with Crippen molar-refractivity contribution >= 4 is 35.8 Å². The van der Waals surface area contributed by atoms with E-state index in [9.17, 15) is 4.79 Å². The van der Waals surface area contributed by atoms with Crippen LogP contribution >= 0.6 is 24.0 Å². The number of amides is 1. The monoisotopic (exact) mass is 527 g/mol. The number of nitrogens with zero attached hydrogens (tertiary/aromatic N) is 2. The summed E-state index contributed by atoms with van der Waals surface area (Å²) in [5.41, 5.74) is 8.03. The summed E-state index contributed by atoms with van der Waals surface area (Å²) in [6.07, 6.45) is 7.04. The summed E-state index contributed by atoms with van der Waals surface area (Å²) >= 11 is 0. The van der Waals surface area contributed by atoms with E-state index >= 15 is 0 Å². The summed E-state index contributed by atoms with van der Waals surface area (Å²) in [5, 5.41) is 7.05. The van der Waals surface area contributed by atoms with Crippen LogP contribution in [0.4, 0.5) is 0 Å². The molecule has 0 aromatic heterocycles. The van der Waals surface area contributed by atoms with Crippen LogP contribution in [0, 0.1) is 11.8 Å². The zero-order valence-electron chi connectivity index (χ0n) is 18.4. The molecule has 3 rings (SSSR count). The number of guanidine groups is 1. The second kappa shape index (κ2) is 12.5. The highest BCUT2D eigenvalue weighted by molar-refractivity contribution is 14.0. The largest absolute Gasteiger partial charge is 0.369 e. The molecule has 0 bridgehead atoms. The van der Waals surface area contributed by atoms with Crippen LogP contribution < -0.4 is 16.4 Å². The van der Waals surface area contributed by atoms with Crippen molar-refractivity contribution in [2.45, 2.75) is 64.6 Å². The Bertz CT molecular complexity index is 711. The fraction of sp³-hybridized carbons (Fsp3) is 0.652. The van der Waals surface area contributed by atoms with Gasteiger partial charge in [-0.3, -0.25) is 14.7 Å². The van der Waals surface area contributed by atoms with Crippen LogP contribution in [0.2, 0.25) is 0 Å². The number of rotatable bonds is 6. The Balaban J connectivity index is 0.00000320. The zero-order chi connectivity index (χ0) is 20.6. The van der Waals surface area contributed by atoms with Crippen LogP contribution in [0.3, 0.4) is 0 Å². The molecule has 1 aromatic carbocycles. The summed E-state index contributed by atoms with van der Waals surface area (Å²) in [5.74, 6) is 1.50. The molecule has 1 heterocycles. The molecule has 1 saturated carbocycles. The number of carbonyl (C=O) groups excluding carboxylic acids is 1. The molecule has 6 nitrogen and oxygen atoms in total. The molecule has 1 saturated heterocycles. The number of hydrogen-bond acceptors (Lipinski definition) is 3. The first-order chi connectivity index (χ1) is 14.0. The van der Waals surface area contributed by atoms with Gasteiger partial charge in [-0.15, -0.1) is 24.0 Å². The van der Waals surface area contributed by atoms with Gasteiger partial charge >= 0.3 is 0 Å². The summed E-state index contributed by atoms with van der Waals surface area (Å²) in [6.45, 7) is 5.75. The van der Waals surface area contributed by atoms with Crippen molar-refractivity contribution in [2.24, 2.45) is 22.6 Å². The van der Waals surface area contributed by atoms with E-state index in [1.807, 2.05) is 7.05 Å². The van der Waals surface area contributed by atoms with Gasteiger partial charge in [0.15, 0.2) is 5.96 Å². The van der Waals surface area contributed by atoms with Gasteiger partial charge in [0, 0.05) is 32.7 Å². The second-order valence-electron chi connectivity index (χ2n) is 8.84. The maximum absolute atomic E-state index is 11.5. The van der Waals surface area contributed by atoms with E-state index in [4.69, 9.17) is 5.73 Å². The van der Waals surface area contributed by atoms with Gasteiger partial charge in [0.25, 0.3) is 0 Å². The molecule has 3 unspecified atom stereocenters. The Kier molecular flexibility index (Phi) is 10.4. The summed E-state index contributed by atoms with van der Waals surface area (Å²) in [6, 6.07) is 9.19. The van der Waals surface area contributed by atoms with E-state index < -0.39 is 0 Å². The van der Waals surface area contributed by atoms with Gasteiger partial charge in [-0.1, -0.05) is 44.0 Å². The van der Waals surface area contributed by atoms with Crippen molar-refractivity contribution in [2.75, 3.05) is 20.1 Å². The summed E-state index contributed by atoms with van der Waals surface area (Å²) in [7, 11) is 1.84. The van der Waals surface area contributed by atoms with Crippen molar-refractivity contribution in [3.05, 3.63) is 35.4 Å². The molecule has 3 atom stereocenters. The Hall–Kier alpha value is -1.35. The molecule has 2 aliphatic rings. The van der Waals surface area contributed by atoms with Crippen molar-refractivity contribution in [3.63, 3.8) is 0 Å². The first-order valence-electron chi connectivity index (χ1n) is 11.1. The second-order valence-corrected chi connectivity index (χ2v) is 8.84. The highest BCUT2D eigenvalue weighted by Gasteiger charge is 2.24. The number of piperidine rings is 1. The van der Waals surface area contributed by atoms with Crippen LogP contribution in [-0.4, -0.2) is 42.9 Å². The van der Waals surface area contributed by atoms with Gasteiger partial charge in [0.2, 0.25) is 5.91 Å². The Morgan fingerprint density at radius 1 is 1.23 bits per heavy atom. The highest BCUT2D eigenvalue weighted by atomic mass is 127. The standard InChI is InChI=1S/C23H37N5O.HI/c1-17-6-3-10-21(12-17)27-23(25-2)26-14-18-7-4-8-19(13-18)15-28-11-5-9-20(16-28)22(24)29;/h4,7-8,13,17,20-21H,3,5-6,9-12,14-16H2,1-2H3,(H2,24,29)(H2,25,26,27);1H. The van der Waals surface area contributed by atoms with E-state index in [1.165, 1.54) is 36.8 Å². The fourth-order valence-electron chi connectivity index (χ4n) is 4.67. The molecule has 1 aliphatic carbocycles. The lowest BCUT2D eigenvalue weighted by molar-refractivity contribution is -0.123. The Labute approximate surface area is 198 Å². The lowest BCUT2D eigenvalue weighted by atomic mass is 9.87. The predicted octanol–water partition coefficient (Wildman–Crippen LogP) is 3.25. The molecule has 0 radical (unpaired) electrons. The number of aliphatic imine (C=N–C) groups is 1. The van der Waals surface area contributed by atoms with Crippen LogP contribution in [0.5, 0.6) is 0 Å². The van der Waals surface area contributed by atoms with Crippen molar-refractivity contribution in [1.82, 2.24) is 15.5 Å². The average molecular weight is 527 g/mol. The van der Waals surface area contributed by atoms with E-state index in [2.05, 4.69) is 51.7 Å². The quantitative estimate of drug-likeness (QED) is 0.302. The van der Waals surface area contributed by atoms with Crippen molar-refractivity contribution in [3.8, 4) is 0 Å². The third-order valence-corrected chi connectivity index (χ3v) is 6.27. The predicted molar refractivity (Wildman–Crippen MR) is 134 cm³/mol. The zero-order valence-corrected chi connectivity index (χ0v) is 20.7. The smallest absolute Gasteiger partial charge is 0.221 e. The molecule has 1 aliphatic heterocycles. The van der Waals surface area contributed by atoms with Crippen LogP contribution in [0.1, 0.15) is 56.6 Å². The average Bonchev–Trinajstić information content (AvgIpc) is 2.71. The first kappa shape index (κ1) is 24.9. The molecule has 2 fully saturated rings. The topological polar surface area (TPSA) is 82.8 Å². The van der Waals surface area contributed by atoms with Crippen molar-refractivity contribution in [1.29, 1.82) is 0 Å². The Morgan fingerprint density at radius 3 is 2.77 bits per heavy atom. The van der Waals surface area contributed by atoms with Gasteiger partial charge in [-0.25, -0.2) is 0 Å². The lowest BCUT2D eigenvalue weighted by Crippen LogP contribution is -2.44. The fourth-order valence-corrected chi connectivity index (χ4v) is 4.67. The minimum Gasteiger partial charge on any atom is -0.369 e. The van der Waals surface area contributed by atoms with E-state index in [1.54, 1.807) is 0 Å². The number of benzene rings is 1. The third kappa shape index (κ3) is 7.72. The highest BCUT2D eigenvalue weighted by Crippen LogP contribution is 2.23. The van der Waals surface area contributed by atoms with Gasteiger partial charge in [0.05, 0.1) is 5.92 Å². The van der Waals surface area contributed by atoms with Gasteiger partial charge in [0.1, 0.15) is 0 Å². The van der Waals surface area contributed by atoms with E-state index in [0.29, 0.717) is 6.04 Å².